The summed E-state index contributed by atoms with van der Waals surface area (Å²) in [4.78, 5) is 52.5. The second-order valence-corrected chi connectivity index (χ2v) is 8.45. The van der Waals surface area contributed by atoms with Crippen LogP contribution in [0.2, 0.25) is 0 Å². The van der Waals surface area contributed by atoms with Crippen LogP contribution >= 0.6 is 0 Å². The summed E-state index contributed by atoms with van der Waals surface area (Å²) in [5.41, 5.74) is 2.73. The maximum atomic E-state index is 12.8. The molecule has 1 aliphatic rings. The topological polar surface area (TPSA) is 131 Å². The molecular weight excluding hydrogens is 430 g/mol. The van der Waals surface area contributed by atoms with E-state index in [9.17, 15) is 24.3 Å². The van der Waals surface area contributed by atoms with Crippen molar-refractivity contribution in [3.63, 3.8) is 0 Å². The molecule has 10 nitrogen and oxygen atoms in total. The van der Waals surface area contributed by atoms with Crippen molar-refractivity contribution in [1.82, 2.24) is 14.5 Å². The number of nitrogens with one attached hydrogen (secondary N) is 1. The Labute approximate surface area is 190 Å². The number of benzene rings is 1. The van der Waals surface area contributed by atoms with Crippen LogP contribution in [0.5, 0.6) is 0 Å². The zero-order chi connectivity index (χ0) is 24.4. The largest absolute Gasteiger partial charge is 0.458 e. The monoisotopic (exact) mass is 459 g/mol. The smallest absolute Gasteiger partial charge is 0.330 e. The highest BCUT2D eigenvalue weighted by atomic mass is 16.6. The minimum absolute atomic E-state index is 0.108. The van der Waals surface area contributed by atoms with Crippen LogP contribution in [0.15, 0.2) is 27.9 Å². The summed E-state index contributed by atoms with van der Waals surface area (Å²) >= 11 is 0. The standard InChI is InChI=1S/C23H29N3O7/c1-12-6-16(7-13(2)15(12)4)22(30)25(5)10-20(28)33-17-8-19(32-18(17)11-27)26-9-14(3)21(29)24-23(26)31/h6-7,9,17-19,27H,8,10-11H2,1-5H3,(H,24,29,31). The number of ether oxygens (including phenoxy) is 2. The Hall–Kier alpha value is -3.24. The molecule has 1 saturated heterocycles. The van der Waals surface area contributed by atoms with Crippen molar-refractivity contribution in [3.8, 4) is 0 Å². The Morgan fingerprint density at radius 2 is 1.82 bits per heavy atom. The van der Waals surface area contributed by atoms with Gasteiger partial charge in [0.15, 0.2) is 0 Å². The third-order valence-electron chi connectivity index (χ3n) is 5.99. The molecule has 178 valence electrons. The van der Waals surface area contributed by atoms with E-state index in [-0.39, 0.29) is 18.9 Å². The molecule has 0 aliphatic carbocycles. The summed E-state index contributed by atoms with van der Waals surface area (Å²) in [6.45, 7) is 6.66. The molecule has 0 saturated carbocycles. The molecule has 1 fully saturated rings. The second-order valence-electron chi connectivity index (χ2n) is 8.45. The van der Waals surface area contributed by atoms with Gasteiger partial charge in [0.1, 0.15) is 25.0 Å². The number of nitrogens with zero attached hydrogens (tertiary/aromatic N) is 2. The van der Waals surface area contributed by atoms with Gasteiger partial charge in [0.25, 0.3) is 11.5 Å². The number of likely N-dealkylation sites (N-methyl/N-ethyl adjacent to an activating group) is 1. The summed E-state index contributed by atoms with van der Waals surface area (Å²) in [5, 5.41) is 9.65. The van der Waals surface area contributed by atoms with Crippen LogP contribution in [0, 0.1) is 27.7 Å². The molecule has 1 aliphatic heterocycles. The number of aromatic amines is 1. The van der Waals surface area contributed by atoms with Gasteiger partial charge < -0.3 is 19.5 Å². The van der Waals surface area contributed by atoms with Crippen molar-refractivity contribution in [3.05, 3.63) is 67.0 Å². The molecule has 2 N–H and O–H groups in total. The molecule has 33 heavy (non-hydrogen) atoms. The van der Waals surface area contributed by atoms with Gasteiger partial charge in [-0.3, -0.25) is 23.9 Å². The number of hydrogen-bond acceptors (Lipinski definition) is 7. The van der Waals surface area contributed by atoms with Gasteiger partial charge in [0.2, 0.25) is 0 Å². The highest BCUT2D eigenvalue weighted by molar-refractivity contribution is 5.96. The molecule has 1 amide bonds. The summed E-state index contributed by atoms with van der Waals surface area (Å²) in [6.07, 6.45) is -1.01. The predicted molar refractivity (Wildman–Crippen MR) is 119 cm³/mol. The Kier molecular flexibility index (Phi) is 7.19. The van der Waals surface area contributed by atoms with E-state index in [4.69, 9.17) is 9.47 Å². The SMILES string of the molecule is Cc1cc(C(=O)N(C)CC(=O)OC2CC(n3cc(C)c(=O)[nH]c3=O)OC2CO)cc(C)c1C. The van der Waals surface area contributed by atoms with E-state index in [1.54, 1.807) is 19.1 Å². The van der Waals surface area contributed by atoms with E-state index in [1.807, 2.05) is 20.8 Å². The lowest BCUT2D eigenvalue weighted by Gasteiger charge is -2.21. The Bertz CT molecular complexity index is 1160. The number of carbonyl (C=O) groups excluding carboxylic acids is 2. The minimum Gasteiger partial charge on any atom is -0.458 e. The maximum Gasteiger partial charge on any atom is 0.330 e. The van der Waals surface area contributed by atoms with Gasteiger partial charge in [-0.2, -0.15) is 0 Å². The minimum atomic E-state index is -0.846. The van der Waals surface area contributed by atoms with Gasteiger partial charge in [-0.05, 0) is 56.5 Å². The first-order valence-corrected chi connectivity index (χ1v) is 10.6. The van der Waals surface area contributed by atoms with Crippen LogP contribution in [-0.4, -0.2) is 63.8 Å². The maximum absolute atomic E-state index is 12.8. The molecule has 0 spiro atoms. The fourth-order valence-electron chi connectivity index (χ4n) is 3.81. The third kappa shape index (κ3) is 5.23. The Morgan fingerprint density at radius 1 is 1.18 bits per heavy atom. The number of H-pyrrole nitrogens is 1. The van der Waals surface area contributed by atoms with Crippen molar-refractivity contribution in [2.75, 3.05) is 20.2 Å². The molecule has 2 aromatic rings. The van der Waals surface area contributed by atoms with E-state index in [1.165, 1.54) is 22.7 Å². The third-order valence-corrected chi connectivity index (χ3v) is 5.99. The first kappa shape index (κ1) is 24.4. The first-order chi connectivity index (χ1) is 15.5. The van der Waals surface area contributed by atoms with Gasteiger partial charge >= 0.3 is 11.7 Å². The first-order valence-electron chi connectivity index (χ1n) is 10.6. The fourth-order valence-corrected chi connectivity index (χ4v) is 3.81. The van der Waals surface area contributed by atoms with Crippen molar-refractivity contribution >= 4 is 11.9 Å². The average Bonchev–Trinajstić information content (AvgIpc) is 3.15. The van der Waals surface area contributed by atoms with E-state index in [0.717, 1.165) is 16.7 Å². The highest BCUT2D eigenvalue weighted by Gasteiger charge is 2.39. The lowest BCUT2D eigenvalue weighted by Crippen LogP contribution is -2.37. The molecule has 2 heterocycles. The Balaban J connectivity index is 1.67. The summed E-state index contributed by atoms with van der Waals surface area (Å²) < 4.78 is 12.4. The number of esters is 1. The molecular formula is C23H29N3O7. The Morgan fingerprint density at radius 3 is 2.42 bits per heavy atom. The van der Waals surface area contributed by atoms with Gasteiger partial charge in [0.05, 0.1) is 6.61 Å². The number of aliphatic hydroxyl groups is 1. The highest BCUT2D eigenvalue weighted by Crippen LogP contribution is 2.30. The van der Waals surface area contributed by atoms with Crippen molar-refractivity contribution < 1.29 is 24.2 Å². The van der Waals surface area contributed by atoms with E-state index in [0.29, 0.717) is 11.1 Å². The van der Waals surface area contributed by atoms with E-state index >= 15 is 0 Å². The van der Waals surface area contributed by atoms with Crippen molar-refractivity contribution in [1.29, 1.82) is 0 Å². The summed E-state index contributed by atoms with van der Waals surface area (Å²) in [5.74, 6) is -0.975. The van der Waals surface area contributed by atoms with Gasteiger partial charge in [-0.25, -0.2) is 4.79 Å². The quantitative estimate of drug-likeness (QED) is 0.609. The van der Waals surface area contributed by atoms with Gasteiger partial charge in [-0.1, -0.05) is 0 Å². The van der Waals surface area contributed by atoms with Crippen LogP contribution in [0.4, 0.5) is 0 Å². The van der Waals surface area contributed by atoms with Gasteiger partial charge in [0, 0.05) is 30.8 Å². The summed E-state index contributed by atoms with van der Waals surface area (Å²) in [7, 11) is 1.51. The number of hydrogen-bond donors (Lipinski definition) is 2. The summed E-state index contributed by atoms with van der Waals surface area (Å²) in [6, 6.07) is 3.57. The lowest BCUT2D eigenvalue weighted by molar-refractivity contribution is -0.153. The molecule has 0 bridgehead atoms. The molecule has 10 heteroatoms. The number of aryl methyl sites for hydroxylation is 3. The van der Waals surface area contributed by atoms with Crippen molar-refractivity contribution in [2.45, 2.75) is 52.6 Å². The van der Waals surface area contributed by atoms with E-state index < -0.39 is 42.3 Å². The average molecular weight is 459 g/mol. The van der Waals surface area contributed by atoms with Gasteiger partial charge in [-0.15, -0.1) is 0 Å². The van der Waals surface area contributed by atoms with Crippen molar-refractivity contribution in [2.24, 2.45) is 0 Å². The molecule has 1 aromatic heterocycles. The number of rotatable bonds is 6. The molecule has 3 unspecified atom stereocenters. The number of amides is 1. The fraction of sp³-hybridized carbons (Fsp3) is 0.478. The molecule has 3 atom stereocenters. The number of aromatic nitrogens is 2. The van der Waals surface area contributed by atoms with Crippen LogP contribution in [0.1, 0.15) is 45.3 Å². The lowest BCUT2D eigenvalue weighted by atomic mass is 10.00. The zero-order valence-electron chi connectivity index (χ0n) is 19.4. The van der Waals surface area contributed by atoms with Crippen LogP contribution in [0.25, 0.3) is 0 Å². The molecule has 1 aromatic carbocycles. The second kappa shape index (κ2) is 9.72. The van der Waals surface area contributed by atoms with Crippen LogP contribution < -0.4 is 11.2 Å². The molecule has 3 rings (SSSR count). The van der Waals surface area contributed by atoms with Crippen LogP contribution in [0.3, 0.4) is 0 Å². The zero-order valence-corrected chi connectivity index (χ0v) is 19.4. The van der Waals surface area contributed by atoms with Crippen LogP contribution in [-0.2, 0) is 14.3 Å². The van der Waals surface area contributed by atoms with E-state index in [2.05, 4.69) is 4.98 Å². The molecule has 0 radical (unpaired) electrons. The normalized spacial score (nSPS) is 20.0. The number of aliphatic hydroxyl groups excluding tert-OH is 1. The predicted octanol–water partition coefficient (Wildman–Crippen LogP) is 0.734. The number of carbonyl (C=O) groups is 2.